The van der Waals surface area contributed by atoms with Crippen LogP contribution in [0.25, 0.3) is 0 Å². The van der Waals surface area contributed by atoms with Gasteiger partial charge in [0.2, 0.25) is 5.91 Å². The molecule has 2 rings (SSSR count). The average Bonchev–Trinajstić information content (AvgIpc) is 2.77. The molecule has 1 amide bonds. The first-order chi connectivity index (χ1) is 8.29. The molecular formula is C13H18N2O2. The van der Waals surface area contributed by atoms with Gasteiger partial charge in [-0.25, -0.2) is 0 Å². The van der Waals surface area contributed by atoms with E-state index in [0.717, 1.165) is 18.7 Å². The second-order valence-electron chi connectivity index (χ2n) is 4.27. The summed E-state index contributed by atoms with van der Waals surface area (Å²) in [7, 11) is 1.67. The van der Waals surface area contributed by atoms with Gasteiger partial charge in [0, 0.05) is 20.2 Å². The van der Waals surface area contributed by atoms with Gasteiger partial charge in [0.15, 0.2) is 0 Å². The van der Waals surface area contributed by atoms with Crippen LogP contribution in [0.2, 0.25) is 0 Å². The largest absolute Gasteiger partial charge is 0.378 e. The maximum Gasteiger partial charge on any atom is 0.224 e. The van der Waals surface area contributed by atoms with Gasteiger partial charge in [0.1, 0.15) is 0 Å². The molecule has 1 unspecified atom stereocenters. The molecule has 2 atom stereocenters. The lowest BCUT2D eigenvalue weighted by atomic mass is 10.1. The van der Waals surface area contributed by atoms with Crippen molar-refractivity contribution in [2.45, 2.75) is 18.6 Å². The zero-order valence-corrected chi connectivity index (χ0v) is 9.98. The van der Waals surface area contributed by atoms with E-state index in [0.29, 0.717) is 6.42 Å². The lowest BCUT2D eigenvalue weighted by molar-refractivity contribution is -0.121. The standard InChI is InChI=1S/C13H18N2O2/c1-17-12-9-14-8-11(12)15-13(16)7-10-5-3-2-4-6-10/h2-6,11-12,14H,7-9H2,1H3,(H,15,16)/t11?,12-/m0/s1. The summed E-state index contributed by atoms with van der Waals surface area (Å²) in [5.74, 6) is 0.0481. The van der Waals surface area contributed by atoms with Crippen molar-refractivity contribution in [1.29, 1.82) is 0 Å². The molecule has 4 heteroatoms. The van der Waals surface area contributed by atoms with Crippen molar-refractivity contribution in [2.75, 3.05) is 20.2 Å². The number of methoxy groups -OCH3 is 1. The van der Waals surface area contributed by atoms with Gasteiger partial charge in [0.05, 0.1) is 18.6 Å². The number of rotatable bonds is 4. The number of hydrogen-bond donors (Lipinski definition) is 2. The molecule has 1 fully saturated rings. The molecule has 0 aromatic heterocycles. The van der Waals surface area contributed by atoms with E-state index in [1.807, 2.05) is 30.3 Å². The molecule has 0 radical (unpaired) electrons. The molecular weight excluding hydrogens is 216 g/mol. The fourth-order valence-electron chi connectivity index (χ4n) is 2.09. The Labute approximate surface area is 101 Å². The quantitative estimate of drug-likeness (QED) is 0.789. The van der Waals surface area contributed by atoms with Crippen LogP contribution >= 0.6 is 0 Å². The van der Waals surface area contributed by atoms with Crippen LogP contribution in [-0.4, -0.2) is 38.3 Å². The summed E-state index contributed by atoms with van der Waals surface area (Å²) >= 11 is 0. The van der Waals surface area contributed by atoms with Crippen molar-refractivity contribution in [3.05, 3.63) is 35.9 Å². The van der Waals surface area contributed by atoms with Gasteiger partial charge in [-0.15, -0.1) is 0 Å². The molecule has 2 N–H and O–H groups in total. The second-order valence-corrected chi connectivity index (χ2v) is 4.27. The van der Waals surface area contributed by atoms with E-state index in [4.69, 9.17) is 4.74 Å². The highest BCUT2D eigenvalue weighted by Gasteiger charge is 2.27. The van der Waals surface area contributed by atoms with Crippen LogP contribution in [0.5, 0.6) is 0 Å². The van der Waals surface area contributed by atoms with Gasteiger partial charge in [-0.1, -0.05) is 30.3 Å². The van der Waals surface area contributed by atoms with Gasteiger partial charge >= 0.3 is 0 Å². The predicted molar refractivity (Wildman–Crippen MR) is 65.7 cm³/mol. The summed E-state index contributed by atoms with van der Waals surface area (Å²) in [6.45, 7) is 1.58. The topological polar surface area (TPSA) is 50.4 Å². The fourth-order valence-corrected chi connectivity index (χ4v) is 2.09. The van der Waals surface area contributed by atoms with Gasteiger partial charge in [0.25, 0.3) is 0 Å². The average molecular weight is 234 g/mol. The van der Waals surface area contributed by atoms with E-state index in [1.54, 1.807) is 7.11 Å². The van der Waals surface area contributed by atoms with Gasteiger partial charge in [-0.3, -0.25) is 4.79 Å². The van der Waals surface area contributed by atoms with Crippen molar-refractivity contribution in [2.24, 2.45) is 0 Å². The minimum atomic E-state index is 0.0481. The molecule has 92 valence electrons. The summed E-state index contributed by atoms with van der Waals surface area (Å²) < 4.78 is 5.30. The Hall–Kier alpha value is -1.39. The normalized spacial score (nSPS) is 23.6. The second kappa shape index (κ2) is 5.80. The zero-order valence-electron chi connectivity index (χ0n) is 9.98. The van der Waals surface area contributed by atoms with Crippen molar-refractivity contribution >= 4 is 5.91 Å². The molecule has 0 aliphatic carbocycles. The van der Waals surface area contributed by atoms with E-state index < -0.39 is 0 Å². The highest BCUT2D eigenvalue weighted by atomic mass is 16.5. The minimum Gasteiger partial charge on any atom is -0.378 e. The SMILES string of the molecule is CO[C@H]1CNCC1NC(=O)Cc1ccccc1. The van der Waals surface area contributed by atoms with Crippen molar-refractivity contribution in [1.82, 2.24) is 10.6 Å². The van der Waals surface area contributed by atoms with Crippen molar-refractivity contribution in [3.8, 4) is 0 Å². The van der Waals surface area contributed by atoms with Crippen molar-refractivity contribution in [3.63, 3.8) is 0 Å². The van der Waals surface area contributed by atoms with Crippen LogP contribution in [0.3, 0.4) is 0 Å². The Bertz CT molecular complexity index is 367. The smallest absolute Gasteiger partial charge is 0.224 e. The molecule has 1 saturated heterocycles. The lowest BCUT2D eigenvalue weighted by Gasteiger charge is -2.18. The molecule has 1 heterocycles. The molecule has 1 aromatic rings. The summed E-state index contributed by atoms with van der Waals surface area (Å²) in [5.41, 5.74) is 1.03. The summed E-state index contributed by atoms with van der Waals surface area (Å²) in [5, 5.41) is 6.20. The highest BCUT2D eigenvalue weighted by molar-refractivity contribution is 5.79. The van der Waals surface area contributed by atoms with Gasteiger partial charge in [-0.2, -0.15) is 0 Å². The minimum absolute atomic E-state index is 0.0481. The molecule has 1 aromatic carbocycles. The van der Waals surface area contributed by atoms with Crippen LogP contribution in [0.1, 0.15) is 5.56 Å². The maximum atomic E-state index is 11.8. The number of carbonyl (C=O) groups is 1. The molecule has 0 spiro atoms. The monoisotopic (exact) mass is 234 g/mol. The lowest BCUT2D eigenvalue weighted by Crippen LogP contribution is -2.44. The highest BCUT2D eigenvalue weighted by Crippen LogP contribution is 2.05. The van der Waals surface area contributed by atoms with E-state index >= 15 is 0 Å². The first-order valence-corrected chi connectivity index (χ1v) is 5.86. The maximum absolute atomic E-state index is 11.8. The molecule has 1 aliphatic rings. The van der Waals surface area contributed by atoms with E-state index in [9.17, 15) is 4.79 Å². The first kappa shape index (κ1) is 12.1. The Balaban J connectivity index is 1.85. The van der Waals surface area contributed by atoms with Crippen LogP contribution in [-0.2, 0) is 16.0 Å². The Morgan fingerprint density at radius 1 is 1.41 bits per heavy atom. The number of hydrogen-bond acceptors (Lipinski definition) is 3. The summed E-state index contributed by atoms with van der Waals surface area (Å²) in [6, 6.07) is 9.83. The molecule has 1 aliphatic heterocycles. The fraction of sp³-hybridized carbons (Fsp3) is 0.462. The number of nitrogens with one attached hydrogen (secondary N) is 2. The van der Waals surface area contributed by atoms with Crippen LogP contribution in [0, 0.1) is 0 Å². The van der Waals surface area contributed by atoms with E-state index in [1.165, 1.54) is 0 Å². The van der Waals surface area contributed by atoms with E-state index in [2.05, 4.69) is 10.6 Å². The zero-order chi connectivity index (χ0) is 12.1. The first-order valence-electron chi connectivity index (χ1n) is 5.86. The summed E-state index contributed by atoms with van der Waals surface area (Å²) in [4.78, 5) is 11.8. The van der Waals surface area contributed by atoms with E-state index in [-0.39, 0.29) is 18.1 Å². The molecule has 0 bridgehead atoms. The van der Waals surface area contributed by atoms with Crippen LogP contribution in [0.15, 0.2) is 30.3 Å². The van der Waals surface area contributed by atoms with Gasteiger partial charge in [-0.05, 0) is 5.56 Å². The predicted octanol–water partition coefficient (Wildman–Crippen LogP) is 0.332. The van der Waals surface area contributed by atoms with Crippen LogP contribution in [0.4, 0.5) is 0 Å². The third-order valence-corrected chi connectivity index (χ3v) is 3.02. The van der Waals surface area contributed by atoms with Crippen molar-refractivity contribution < 1.29 is 9.53 Å². The Kier molecular flexibility index (Phi) is 4.12. The summed E-state index contributed by atoms with van der Waals surface area (Å²) in [6.07, 6.45) is 0.503. The molecule has 17 heavy (non-hydrogen) atoms. The Morgan fingerprint density at radius 2 is 2.18 bits per heavy atom. The van der Waals surface area contributed by atoms with Gasteiger partial charge < -0.3 is 15.4 Å². The third kappa shape index (κ3) is 3.28. The number of carbonyl (C=O) groups excluding carboxylic acids is 1. The molecule has 4 nitrogen and oxygen atoms in total. The Morgan fingerprint density at radius 3 is 2.88 bits per heavy atom. The number of benzene rings is 1. The molecule has 0 saturated carbocycles. The number of amides is 1. The number of ether oxygens (including phenoxy) is 1. The van der Waals surface area contributed by atoms with Crippen LogP contribution < -0.4 is 10.6 Å². The third-order valence-electron chi connectivity index (χ3n) is 3.02.